The van der Waals surface area contributed by atoms with Gasteiger partial charge in [-0.3, -0.25) is 9.36 Å². The Morgan fingerprint density at radius 3 is 2.55 bits per heavy atom. The van der Waals surface area contributed by atoms with Gasteiger partial charge in [0.2, 0.25) is 11.7 Å². The maximum atomic E-state index is 12.7. The monoisotopic (exact) mass is 462 g/mol. The van der Waals surface area contributed by atoms with Gasteiger partial charge in [0.25, 0.3) is 0 Å². The smallest absolute Gasteiger partial charge is 0.233 e. The molecule has 0 aliphatic rings. The number of aromatic nitrogens is 3. The number of carbonyl (C=O) groups is 1. The molecule has 0 fully saturated rings. The van der Waals surface area contributed by atoms with Crippen LogP contribution in [0.5, 0.6) is 5.75 Å². The van der Waals surface area contributed by atoms with E-state index < -0.39 is 0 Å². The quantitative estimate of drug-likeness (QED) is 0.351. The molecule has 1 amide bonds. The lowest BCUT2D eigenvalue weighted by atomic mass is 10.1. The molecule has 0 bridgehead atoms. The Morgan fingerprint density at radius 1 is 1.06 bits per heavy atom. The van der Waals surface area contributed by atoms with Crippen LogP contribution in [-0.2, 0) is 17.8 Å². The van der Waals surface area contributed by atoms with Gasteiger partial charge < -0.3 is 14.5 Å². The largest absolute Gasteiger partial charge is 0.497 e. The number of methoxy groups -OCH3 is 1. The highest BCUT2D eigenvalue weighted by atomic mass is 32.2. The first-order chi connectivity index (χ1) is 16.1. The minimum atomic E-state index is -0.330. The topological polar surface area (TPSA) is 82.2 Å². The summed E-state index contributed by atoms with van der Waals surface area (Å²) >= 11 is 1.39. The predicted octanol–water partition coefficient (Wildman–Crippen LogP) is 4.43. The fourth-order valence-corrected chi connectivity index (χ4v) is 4.22. The van der Waals surface area contributed by atoms with Crippen molar-refractivity contribution in [2.45, 2.75) is 30.3 Å². The summed E-state index contributed by atoms with van der Waals surface area (Å²) < 4.78 is 12.7. The second-order valence-corrected chi connectivity index (χ2v) is 8.81. The van der Waals surface area contributed by atoms with E-state index in [4.69, 9.17) is 9.15 Å². The Labute approximate surface area is 197 Å². The molecule has 4 aromatic rings. The molecular formula is C25H26N4O3S. The third-order valence-corrected chi connectivity index (χ3v) is 6.25. The average Bonchev–Trinajstić information content (AvgIpc) is 3.50. The van der Waals surface area contributed by atoms with Gasteiger partial charge in [-0.15, -0.1) is 10.2 Å². The molecule has 0 saturated heterocycles. The number of rotatable bonds is 10. The Kier molecular flexibility index (Phi) is 7.47. The summed E-state index contributed by atoms with van der Waals surface area (Å²) in [5.41, 5.74) is 2.26. The van der Waals surface area contributed by atoms with Gasteiger partial charge in [-0.1, -0.05) is 54.2 Å². The molecule has 2 aromatic heterocycles. The zero-order valence-corrected chi connectivity index (χ0v) is 19.4. The van der Waals surface area contributed by atoms with E-state index in [2.05, 4.69) is 27.6 Å². The van der Waals surface area contributed by atoms with Gasteiger partial charge >= 0.3 is 0 Å². The molecule has 170 valence electrons. The van der Waals surface area contributed by atoms with E-state index in [0.717, 1.165) is 23.3 Å². The number of carbonyl (C=O) groups excluding carboxylic acids is 1. The fraction of sp³-hybridized carbons (Fsp3) is 0.240. The number of amides is 1. The Bertz CT molecular complexity index is 1160. The van der Waals surface area contributed by atoms with Gasteiger partial charge in [0.1, 0.15) is 5.75 Å². The summed E-state index contributed by atoms with van der Waals surface area (Å²) in [7, 11) is 1.65. The number of hydrogen-bond acceptors (Lipinski definition) is 6. The van der Waals surface area contributed by atoms with E-state index in [1.165, 1.54) is 11.8 Å². The first-order valence-electron chi connectivity index (χ1n) is 10.7. The SMILES string of the molecule is COc1ccc(CCNC(=O)C(C)Sc2nnc(-c3ccco3)n2Cc2ccccc2)cc1. The molecule has 0 aliphatic heterocycles. The van der Waals surface area contributed by atoms with Crippen molar-refractivity contribution in [1.82, 2.24) is 20.1 Å². The maximum absolute atomic E-state index is 12.7. The number of ether oxygens (including phenoxy) is 1. The van der Waals surface area contributed by atoms with Crippen LogP contribution in [0.1, 0.15) is 18.1 Å². The summed E-state index contributed by atoms with van der Waals surface area (Å²) in [6, 6.07) is 21.6. The molecule has 1 unspecified atom stereocenters. The third-order valence-electron chi connectivity index (χ3n) is 5.17. The fourth-order valence-electron chi connectivity index (χ4n) is 3.35. The number of hydrogen-bond donors (Lipinski definition) is 1. The van der Waals surface area contributed by atoms with Crippen molar-refractivity contribution in [2.75, 3.05) is 13.7 Å². The van der Waals surface area contributed by atoms with Crippen molar-refractivity contribution < 1.29 is 13.9 Å². The number of furan rings is 1. The van der Waals surface area contributed by atoms with Crippen LogP contribution in [-0.4, -0.2) is 39.6 Å². The minimum Gasteiger partial charge on any atom is -0.497 e. The molecule has 2 aromatic carbocycles. The normalized spacial score (nSPS) is 11.8. The molecule has 7 nitrogen and oxygen atoms in total. The highest BCUT2D eigenvalue weighted by Gasteiger charge is 2.22. The van der Waals surface area contributed by atoms with Gasteiger partial charge in [-0.05, 0) is 48.7 Å². The summed E-state index contributed by atoms with van der Waals surface area (Å²) in [5.74, 6) is 2.06. The average molecular weight is 463 g/mol. The van der Waals surface area contributed by atoms with E-state index in [9.17, 15) is 4.79 Å². The van der Waals surface area contributed by atoms with E-state index in [-0.39, 0.29) is 11.2 Å². The van der Waals surface area contributed by atoms with Crippen molar-refractivity contribution in [3.8, 4) is 17.3 Å². The second-order valence-electron chi connectivity index (χ2n) is 7.50. The van der Waals surface area contributed by atoms with Crippen molar-refractivity contribution in [3.05, 3.63) is 84.1 Å². The van der Waals surface area contributed by atoms with Gasteiger partial charge in [0, 0.05) is 6.54 Å². The number of nitrogens with one attached hydrogen (secondary N) is 1. The molecule has 33 heavy (non-hydrogen) atoms. The van der Waals surface area contributed by atoms with Crippen LogP contribution in [0.3, 0.4) is 0 Å². The van der Waals surface area contributed by atoms with Crippen molar-refractivity contribution in [3.63, 3.8) is 0 Å². The molecule has 1 atom stereocenters. The summed E-state index contributed by atoms with van der Waals surface area (Å²) in [4.78, 5) is 12.7. The van der Waals surface area contributed by atoms with E-state index >= 15 is 0 Å². The molecule has 0 aliphatic carbocycles. The van der Waals surface area contributed by atoms with Gasteiger partial charge in [0.05, 0.1) is 25.2 Å². The Hall–Kier alpha value is -3.52. The van der Waals surface area contributed by atoms with E-state index in [0.29, 0.717) is 29.8 Å². The number of benzene rings is 2. The zero-order valence-electron chi connectivity index (χ0n) is 18.6. The highest BCUT2D eigenvalue weighted by Crippen LogP contribution is 2.28. The van der Waals surface area contributed by atoms with Crippen molar-refractivity contribution in [2.24, 2.45) is 0 Å². The molecule has 4 rings (SSSR count). The molecule has 0 spiro atoms. The Balaban J connectivity index is 1.41. The molecule has 0 saturated carbocycles. The van der Waals surface area contributed by atoms with Crippen LogP contribution in [0.15, 0.2) is 82.6 Å². The first kappa shape index (κ1) is 22.7. The number of nitrogens with zero attached hydrogens (tertiary/aromatic N) is 3. The van der Waals surface area contributed by atoms with Crippen LogP contribution in [0.25, 0.3) is 11.6 Å². The zero-order chi connectivity index (χ0) is 23.0. The lowest BCUT2D eigenvalue weighted by Crippen LogP contribution is -2.32. The van der Waals surface area contributed by atoms with Crippen LogP contribution in [0.2, 0.25) is 0 Å². The summed E-state index contributed by atoms with van der Waals surface area (Å²) in [6.45, 7) is 3.02. The predicted molar refractivity (Wildman–Crippen MR) is 128 cm³/mol. The molecule has 0 radical (unpaired) electrons. The minimum absolute atomic E-state index is 0.0395. The lowest BCUT2D eigenvalue weighted by molar-refractivity contribution is -0.120. The standard InChI is InChI=1S/C25H26N4O3S/c1-18(24(30)26-15-14-19-10-12-21(31-2)13-11-19)33-25-28-27-23(22-9-6-16-32-22)29(25)17-20-7-4-3-5-8-20/h3-13,16,18H,14-15,17H2,1-2H3,(H,26,30). The van der Waals surface area contributed by atoms with Gasteiger partial charge in [-0.2, -0.15) is 0 Å². The molecule has 2 heterocycles. The third kappa shape index (κ3) is 5.84. The second kappa shape index (κ2) is 10.9. The summed E-state index contributed by atoms with van der Waals surface area (Å²) in [6.07, 6.45) is 2.36. The first-order valence-corrected chi connectivity index (χ1v) is 11.6. The Morgan fingerprint density at radius 2 is 1.85 bits per heavy atom. The van der Waals surface area contributed by atoms with Crippen molar-refractivity contribution in [1.29, 1.82) is 0 Å². The van der Waals surface area contributed by atoms with Crippen LogP contribution in [0, 0.1) is 0 Å². The summed E-state index contributed by atoms with van der Waals surface area (Å²) in [5, 5.41) is 12.1. The maximum Gasteiger partial charge on any atom is 0.233 e. The number of thioether (sulfide) groups is 1. The highest BCUT2D eigenvalue weighted by molar-refractivity contribution is 8.00. The van der Waals surface area contributed by atoms with Crippen LogP contribution >= 0.6 is 11.8 Å². The van der Waals surface area contributed by atoms with Gasteiger partial charge in [0.15, 0.2) is 10.9 Å². The lowest BCUT2D eigenvalue weighted by Gasteiger charge is -2.14. The van der Waals surface area contributed by atoms with Crippen LogP contribution < -0.4 is 10.1 Å². The van der Waals surface area contributed by atoms with E-state index in [1.54, 1.807) is 13.4 Å². The molecular weight excluding hydrogens is 436 g/mol. The molecule has 8 heteroatoms. The molecule has 1 N–H and O–H groups in total. The van der Waals surface area contributed by atoms with Crippen molar-refractivity contribution >= 4 is 17.7 Å². The van der Waals surface area contributed by atoms with Crippen LogP contribution in [0.4, 0.5) is 0 Å². The van der Waals surface area contributed by atoms with Gasteiger partial charge in [-0.25, -0.2) is 0 Å². The van der Waals surface area contributed by atoms with E-state index in [1.807, 2.05) is 66.1 Å².